The summed E-state index contributed by atoms with van der Waals surface area (Å²) in [4.78, 5) is 27.9. The van der Waals surface area contributed by atoms with E-state index in [2.05, 4.69) is 5.32 Å². The van der Waals surface area contributed by atoms with E-state index in [0.717, 1.165) is 12.0 Å². The van der Waals surface area contributed by atoms with E-state index >= 15 is 0 Å². The Kier molecular flexibility index (Phi) is 9.67. The van der Waals surface area contributed by atoms with E-state index in [1.54, 1.807) is 23.1 Å². The molecule has 0 bridgehead atoms. The third kappa shape index (κ3) is 6.75. The number of amides is 2. The number of hydrogen-bond acceptors (Lipinski definition) is 2. The molecule has 0 aromatic heterocycles. The minimum absolute atomic E-state index is 0.0515. The highest BCUT2D eigenvalue weighted by molar-refractivity contribution is 6.36. The molecule has 2 amide bonds. The van der Waals surface area contributed by atoms with Gasteiger partial charge in [-0.05, 0) is 49.4 Å². The van der Waals surface area contributed by atoms with Crippen LogP contribution in [0.4, 0.5) is 0 Å². The molecule has 2 aromatic carbocycles. The first-order chi connectivity index (χ1) is 14.4. The summed E-state index contributed by atoms with van der Waals surface area (Å²) < 4.78 is 0. The Hall–Kier alpha value is -2.04. The van der Waals surface area contributed by atoms with Gasteiger partial charge in [-0.15, -0.1) is 0 Å². The summed E-state index contributed by atoms with van der Waals surface area (Å²) in [6.45, 7) is 6.34. The SMILES string of the molecule is CC[C@@H](C)NC(=O)[C@H](CC)N(CCc1ccccc1)C(=O)Cc1c(Cl)cccc1Cl. The van der Waals surface area contributed by atoms with Crippen LogP contribution in [0.3, 0.4) is 0 Å². The summed E-state index contributed by atoms with van der Waals surface area (Å²) in [6, 6.07) is 14.6. The first-order valence-electron chi connectivity index (χ1n) is 10.4. The van der Waals surface area contributed by atoms with Gasteiger partial charge in [0.15, 0.2) is 0 Å². The Bertz CT molecular complexity index is 822. The summed E-state index contributed by atoms with van der Waals surface area (Å²) in [6.07, 6.45) is 2.07. The number of carbonyl (C=O) groups excluding carboxylic acids is 2. The van der Waals surface area contributed by atoms with Crippen molar-refractivity contribution in [1.29, 1.82) is 0 Å². The molecule has 0 saturated heterocycles. The van der Waals surface area contributed by atoms with E-state index in [1.807, 2.05) is 51.1 Å². The summed E-state index contributed by atoms with van der Waals surface area (Å²) in [5.41, 5.74) is 1.70. The van der Waals surface area contributed by atoms with E-state index < -0.39 is 6.04 Å². The van der Waals surface area contributed by atoms with E-state index in [-0.39, 0.29) is 24.3 Å². The smallest absolute Gasteiger partial charge is 0.243 e. The highest BCUT2D eigenvalue weighted by atomic mass is 35.5. The van der Waals surface area contributed by atoms with Gasteiger partial charge in [-0.2, -0.15) is 0 Å². The fraction of sp³-hybridized carbons (Fsp3) is 0.417. The Labute approximate surface area is 189 Å². The number of rotatable bonds is 10. The third-order valence-electron chi connectivity index (χ3n) is 5.26. The average Bonchev–Trinajstić information content (AvgIpc) is 2.74. The second kappa shape index (κ2) is 12.0. The first-order valence-corrected chi connectivity index (χ1v) is 11.2. The fourth-order valence-electron chi connectivity index (χ4n) is 3.29. The van der Waals surface area contributed by atoms with Crippen molar-refractivity contribution < 1.29 is 9.59 Å². The summed E-state index contributed by atoms with van der Waals surface area (Å²) in [5.74, 6) is -0.286. The van der Waals surface area contributed by atoms with Gasteiger partial charge in [0, 0.05) is 22.6 Å². The van der Waals surface area contributed by atoms with Crippen molar-refractivity contribution in [2.75, 3.05) is 6.54 Å². The highest BCUT2D eigenvalue weighted by Crippen LogP contribution is 2.25. The molecular weight excluding hydrogens is 419 g/mol. The van der Waals surface area contributed by atoms with E-state index in [4.69, 9.17) is 23.2 Å². The van der Waals surface area contributed by atoms with Crippen molar-refractivity contribution in [1.82, 2.24) is 10.2 Å². The number of halogens is 2. The number of nitrogens with zero attached hydrogens (tertiary/aromatic N) is 1. The molecule has 0 spiro atoms. The summed E-state index contributed by atoms with van der Waals surface area (Å²) in [7, 11) is 0. The largest absolute Gasteiger partial charge is 0.352 e. The molecule has 0 unspecified atom stereocenters. The van der Waals surface area contributed by atoms with Gasteiger partial charge in [0.2, 0.25) is 11.8 Å². The minimum atomic E-state index is -0.545. The van der Waals surface area contributed by atoms with Gasteiger partial charge in [-0.3, -0.25) is 9.59 Å². The molecule has 1 N–H and O–H groups in total. The molecule has 4 nitrogen and oxygen atoms in total. The Morgan fingerprint density at radius 1 is 0.967 bits per heavy atom. The quantitative estimate of drug-likeness (QED) is 0.535. The van der Waals surface area contributed by atoms with Crippen molar-refractivity contribution in [2.24, 2.45) is 0 Å². The second-order valence-electron chi connectivity index (χ2n) is 7.44. The maximum Gasteiger partial charge on any atom is 0.243 e. The van der Waals surface area contributed by atoms with Crippen molar-refractivity contribution in [3.8, 4) is 0 Å². The Morgan fingerprint density at radius 2 is 1.60 bits per heavy atom. The lowest BCUT2D eigenvalue weighted by Gasteiger charge is -2.31. The lowest BCUT2D eigenvalue weighted by molar-refractivity contribution is -0.140. The van der Waals surface area contributed by atoms with Crippen molar-refractivity contribution in [2.45, 2.75) is 58.5 Å². The van der Waals surface area contributed by atoms with Crippen LogP contribution in [-0.2, 0) is 22.4 Å². The van der Waals surface area contributed by atoms with Crippen LogP contribution in [0.2, 0.25) is 10.0 Å². The van der Waals surface area contributed by atoms with Crippen LogP contribution in [-0.4, -0.2) is 35.3 Å². The maximum atomic E-state index is 13.3. The van der Waals surface area contributed by atoms with E-state index in [1.165, 1.54) is 0 Å². The van der Waals surface area contributed by atoms with Crippen LogP contribution < -0.4 is 5.32 Å². The van der Waals surface area contributed by atoms with Crippen molar-refractivity contribution in [3.05, 3.63) is 69.7 Å². The molecule has 0 heterocycles. The average molecular weight is 449 g/mol. The Balaban J connectivity index is 2.26. The third-order valence-corrected chi connectivity index (χ3v) is 5.97. The number of carbonyl (C=O) groups is 2. The predicted molar refractivity (Wildman–Crippen MR) is 124 cm³/mol. The van der Waals surface area contributed by atoms with Crippen LogP contribution in [0, 0.1) is 0 Å². The van der Waals surface area contributed by atoms with E-state index in [0.29, 0.717) is 35.0 Å². The lowest BCUT2D eigenvalue weighted by Crippen LogP contribution is -2.52. The zero-order valence-electron chi connectivity index (χ0n) is 17.8. The molecule has 2 rings (SSSR count). The number of nitrogens with one attached hydrogen (secondary N) is 1. The maximum absolute atomic E-state index is 13.3. The van der Waals surface area contributed by atoms with Gasteiger partial charge in [-0.1, -0.05) is 73.4 Å². The molecule has 30 heavy (non-hydrogen) atoms. The van der Waals surface area contributed by atoms with Crippen LogP contribution in [0.5, 0.6) is 0 Å². The fourth-order valence-corrected chi connectivity index (χ4v) is 3.82. The molecule has 6 heteroatoms. The summed E-state index contributed by atoms with van der Waals surface area (Å²) >= 11 is 12.6. The topological polar surface area (TPSA) is 49.4 Å². The Morgan fingerprint density at radius 3 is 2.17 bits per heavy atom. The van der Waals surface area contributed by atoms with Gasteiger partial charge >= 0.3 is 0 Å². The van der Waals surface area contributed by atoms with Crippen LogP contribution >= 0.6 is 23.2 Å². The first kappa shape index (κ1) is 24.2. The van der Waals surface area contributed by atoms with Crippen molar-refractivity contribution >= 4 is 35.0 Å². The molecule has 162 valence electrons. The second-order valence-corrected chi connectivity index (χ2v) is 8.26. The summed E-state index contributed by atoms with van der Waals surface area (Å²) in [5, 5.41) is 3.92. The van der Waals surface area contributed by atoms with Crippen LogP contribution in [0.1, 0.15) is 44.7 Å². The van der Waals surface area contributed by atoms with E-state index in [9.17, 15) is 9.59 Å². The lowest BCUT2D eigenvalue weighted by atomic mass is 10.1. The zero-order valence-corrected chi connectivity index (χ0v) is 19.3. The van der Waals surface area contributed by atoms with Crippen LogP contribution in [0.15, 0.2) is 48.5 Å². The van der Waals surface area contributed by atoms with Crippen LogP contribution in [0.25, 0.3) is 0 Å². The normalized spacial score (nSPS) is 12.8. The monoisotopic (exact) mass is 448 g/mol. The standard InChI is InChI=1S/C24H30Cl2N2O2/c1-4-17(3)27-24(30)22(5-2)28(15-14-18-10-7-6-8-11-18)23(29)16-19-20(25)12-9-13-21(19)26/h6-13,17,22H,4-5,14-16H2,1-3H3,(H,27,30)/t17-,22+/m1/s1. The highest BCUT2D eigenvalue weighted by Gasteiger charge is 2.29. The van der Waals surface area contributed by atoms with Crippen molar-refractivity contribution in [3.63, 3.8) is 0 Å². The number of hydrogen-bond donors (Lipinski definition) is 1. The molecule has 0 saturated carbocycles. The molecule has 2 aromatic rings. The molecule has 0 fully saturated rings. The van der Waals surface area contributed by atoms with Gasteiger partial charge in [-0.25, -0.2) is 0 Å². The zero-order chi connectivity index (χ0) is 22.1. The van der Waals surface area contributed by atoms with Gasteiger partial charge in [0.1, 0.15) is 6.04 Å². The van der Waals surface area contributed by atoms with Gasteiger partial charge < -0.3 is 10.2 Å². The molecule has 0 aliphatic heterocycles. The molecule has 2 atom stereocenters. The minimum Gasteiger partial charge on any atom is -0.352 e. The molecule has 0 radical (unpaired) electrons. The molecule has 0 aliphatic carbocycles. The van der Waals surface area contributed by atoms with Gasteiger partial charge in [0.25, 0.3) is 0 Å². The molecule has 0 aliphatic rings. The molecular formula is C24H30Cl2N2O2. The van der Waals surface area contributed by atoms with Gasteiger partial charge in [0.05, 0.1) is 6.42 Å². The number of benzene rings is 2. The predicted octanol–water partition coefficient (Wildman–Crippen LogP) is 5.30.